The first-order valence-corrected chi connectivity index (χ1v) is 9.67. The molecule has 5 nitrogen and oxygen atoms in total. The van der Waals surface area contributed by atoms with Crippen molar-refractivity contribution < 1.29 is 13.2 Å². The average Bonchev–Trinajstić information content (AvgIpc) is 3.05. The number of aryl methyl sites for hydroxylation is 1. The Balaban J connectivity index is 1.67. The zero-order chi connectivity index (χ0) is 15.7. The smallest absolute Gasteiger partial charge is 0.228 e. The van der Waals surface area contributed by atoms with E-state index in [0.717, 1.165) is 16.3 Å². The van der Waals surface area contributed by atoms with Gasteiger partial charge in [-0.15, -0.1) is 11.3 Å². The molecule has 22 heavy (non-hydrogen) atoms. The van der Waals surface area contributed by atoms with Gasteiger partial charge in [-0.2, -0.15) is 0 Å². The lowest BCUT2D eigenvalue weighted by Gasteiger charge is -2.09. The lowest BCUT2D eigenvalue weighted by atomic mass is 10.1. The summed E-state index contributed by atoms with van der Waals surface area (Å²) in [6.07, 6.45) is 0.407. The monoisotopic (exact) mass is 336 g/mol. The van der Waals surface area contributed by atoms with Crippen LogP contribution < -0.4 is 5.32 Å². The standard InChI is InChI=1S/C15H16N2O3S2/c1-10-16-14(8-21-10)11-2-4-13(5-3-11)17-15(18)12-6-7-22(19,20)9-12/h2-5,8,12H,6-7,9H2,1H3,(H,17,18). The summed E-state index contributed by atoms with van der Waals surface area (Å²) >= 11 is 1.59. The van der Waals surface area contributed by atoms with E-state index >= 15 is 0 Å². The summed E-state index contributed by atoms with van der Waals surface area (Å²) in [5.74, 6) is -0.605. The van der Waals surface area contributed by atoms with Crippen LogP contribution in [-0.4, -0.2) is 30.8 Å². The Morgan fingerprint density at radius 2 is 2.05 bits per heavy atom. The number of nitrogens with zero attached hydrogens (tertiary/aromatic N) is 1. The highest BCUT2D eigenvalue weighted by Crippen LogP contribution is 2.24. The number of carbonyl (C=O) groups excluding carboxylic acids is 1. The van der Waals surface area contributed by atoms with E-state index in [4.69, 9.17) is 0 Å². The number of thiazole rings is 1. The average molecular weight is 336 g/mol. The van der Waals surface area contributed by atoms with E-state index in [2.05, 4.69) is 10.3 Å². The van der Waals surface area contributed by atoms with E-state index < -0.39 is 15.8 Å². The molecule has 1 aromatic carbocycles. The van der Waals surface area contributed by atoms with E-state index in [1.165, 1.54) is 0 Å². The maximum atomic E-state index is 12.1. The topological polar surface area (TPSA) is 76.1 Å². The fraction of sp³-hybridized carbons (Fsp3) is 0.333. The number of sulfone groups is 1. The third kappa shape index (κ3) is 3.36. The predicted octanol–water partition coefficient (Wildman–Crippen LogP) is 2.49. The van der Waals surface area contributed by atoms with Gasteiger partial charge in [-0.05, 0) is 25.5 Å². The van der Waals surface area contributed by atoms with Crippen LogP contribution in [-0.2, 0) is 14.6 Å². The molecule has 1 aliphatic rings. The zero-order valence-corrected chi connectivity index (χ0v) is 13.7. The molecule has 1 unspecified atom stereocenters. The third-order valence-electron chi connectivity index (χ3n) is 3.67. The molecule has 7 heteroatoms. The maximum Gasteiger partial charge on any atom is 0.228 e. The molecule has 3 rings (SSSR count). The number of carbonyl (C=O) groups is 1. The summed E-state index contributed by atoms with van der Waals surface area (Å²) in [5.41, 5.74) is 2.58. The highest BCUT2D eigenvalue weighted by Gasteiger charge is 2.32. The molecule has 1 fully saturated rings. The van der Waals surface area contributed by atoms with E-state index in [-0.39, 0.29) is 17.4 Å². The first-order chi connectivity index (χ1) is 10.4. The Morgan fingerprint density at radius 3 is 2.59 bits per heavy atom. The molecule has 1 N–H and O–H groups in total. The highest BCUT2D eigenvalue weighted by atomic mass is 32.2. The van der Waals surface area contributed by atoms with Crippen LogP contribution in [0.2, 0.25) is 0 Å². The lowest BCUT2D eigenvalue weighted by Crippen LogP contribution is -2.23. The van der Waals surface area contributed by atoms with Gasteiger partial charge in [-0.25, -0.2) is 13.4 Å². The van der Waals surface area contributed by atoms with Crippen molar-refractivity contribution in [1.29, 1.82) is 0 Å². The van der Waals surface area contributed by atoms with Crippen LogP contribution in [0.25, 0.3) is 11.3 Å². The van der Waals surface area contributed by atoms with Crippen molar-refractivity contribution in [3.63, 3.8) is 0 Å². The van der Waals surface area contributed by atoms with Gasteiger partial charge in [0.2, 0.25) is 5.91 Å². The summed E-state index contributed by atoms with van der Waals surface area (Å²) < 4.78 is 22.8. The zero-order valence-electron chi connectivity index (χ0n) is 12.1. The minimum absolute atomic E-state index is 0.0466. The maximum absolute atomic E-state index is 12.1. The molecule has 1 atom stereocenters. The van der Waals surface area contributed by atoms with Crippen LogP contribution in [0.1, 0.15) is 11.4 Å². The number of aromatic nitrogens is 1. The van der Waals surface area contributed by atoms with Gasteiger partial charge in [0.1, 0.15) is 0 Å². The minimum Gasteiger partial charge on any atom is -0.326 e. The first kappa shape index (κ1) is 15.2. The molecule has 0 bridgehead atoms. The molecule has 1 aliphatic heterocycles. The number of amides is 1. The molecule has 1 saturated heterocycles. The van der Waals surface area contributed by atoms with Gasteiger partial charge >= 0.3 is 0 Å². The van der Waals surface area contributed by atoms with Gasteiger partial charge in [0.25, 0.3) is 0 Å². The van der Waals surface area contributed by atoms with E-state index in [1.54, 1.807) is 11.3 Å². The third-order valence-corrected chi connectivity index (χ3v) is 6.21. The Kier molecular flexibility index (Phi) is 4.01. The Bertz CT molecular complexity index is 794. The van der Waals surface area contributed by atoms with Crippen molar-refractivity contribution in [3.8, 4) is 11.3 Å². The van der Waals surface area contributed by atoms with Crippen molar-refractivity contribution >= 4 is 32.8 Å². The van der Waals surface area contributed by atoms with Crippen LogP contribution in [0.4, 0.5) is 5.69 Å². The van der Waals surface area contributed by atoms with Crippen molar-refractivity contribution in [1.82, 2.24) is 4.98 Å². The van der Waals surface area contributed by atoms with Gasteiger partial charge in [0, 0.05) is 16.6 Å². The molecular weight excluding hydrogens is 320 g/mol. The van der Waals surface area contributed by atoms with Crippen molar-refractivity contribution in [3.05, 3.63) is 34.7 Å². The van der Waals surface area contributed by atoms with Crippen molar-refractivity contribution in [2.75, 3.05) is 16.8 Å². The number of hydrogen-bond acceptors (Lipinski definition) is 5. The molecule has 116 valence electrons. The molecule has 1 aromatic heterocycles. The Morgan fingerprint density at radius 1 is 1.32 bits per heavy atom. The van der Waals surface area contributed by atoms with Gasteiger partial charge in [-0.3, -0.25) is 4.79 Å². The second-order valence-corrected chi connectivity index (χ2v) is 8.71. The summed E-state index contributed by atoms with van der Waals surface area (Å²) in [6.45, 7) is 1.96. The van der Waals surface area contributed by atoms with E-state index in [1.807, 2.05) is 36.6 Å². The Hall–Kier alpha value is -1.73. The lowest BCUT2D eigenvalue weighted by molar-refractivity contribution is -0.119. The summed E-state index contributed by atoms with van der Waals surface area (Å²) in [6, 6.07) is 7.42. The number of nitrogens with one attached hydrogen (secondary N) is 1. The fourth-order valence-electron chi connectivity index (χ4n) is 2.47. The van der Waals surface area contributed by atoms with Crippen molar-refractivity contribution in [2.24, 2.45) is 5.92 Å². The van der Waals surface area contributed by atoms with E-state index in [0.29, 0.717) is 12.1 Å². The molecular formula is C15H16N2O3S2. The molecule has 0 saturated carbocycles. The van der Waals surface area contributed by atoms with E-state index in [9.17, 15) is 13.2 Å². The van der Waals surface area contributed by atoms with Gasteiger partial charge < -0.3 is 5.32 Å². The SMILES string of the molecule is Cc1nc(-c2ccc(NC(=O)C3CCS(=O)(=O)C3)cc2)cs1. The van der Waals surface area contributed by atoms with Gasteiger partial charge in [0.15, 0.2) is 9.84 Å². The number of rotatable bonds is 3. The first-order valence-electron chi connectivity index (χ1n) is 6.97. The number of hydrogen-bond donors (Lipinski definition) is 1. The molecule has 0 spiro atoms. The van der Waals surface area contributed by atoms with Crippen molar-refractivity contribution in [2.45, 2.75) is 13.3 Å². The molecule has 2 heterocycles. The highest BCUT2D eigenvalue weighted by molar-refractivity contribution is 7.91. The molecule has 2 aromatic rings. The van der Waals surface area contributed by atoms with Crippen LogP contribution >= 0.6 is 11.3 Å². The Labute approximate surface area is 133 Å². The minimum atomic E-state index is -3.04. The van der Waals surface area contributed by atoms with Crippen LogP contribution in [0.3, 0.4) is 0 Å². The quantitative estimate of drug-likeness (QED) is 0.934. The fourth-order valence-corrected chi connectivity index (χ4v) is 4.83. The van der Waals surface area contributed by atoms with Crippen LogP contribution in [0, 0.1) is 12.8 Å². The van der Waals surface area contributed by atoms with Crippen LogP contribution in [0.15, 0.2) is 29.6 Å². The molecule has 0 aliphatic carbocycles. The van der Waals surface area contributed by atoms with Gasteiger partial charge in [-0.1, -0.05) is 12.1 Å². The van der Waals surface area contributed by atoms with Gasteiger partial charge in [0.05, 0.1) is 28.1 Å². The number of anilines is 1. The normalized spacial score (nSPS) is 20.0. The van der Waals surface area contributed by atoms with Crippen LogP contribution in [0.5, 0.6) is 0 Å². The second-order valence-electron chi connectivity index (χ2n) is 5.42. The summed E-state index contributed by atoms with van der Waals surface area (Å²) in [7, 11) is -3.04. The largest absolute Gasteiger partial charge is 0.326 e. The second kappa shape index (κ2) is 5.81. The predicted molar refractivity (Wildman–Crippen MR) is 87.7 cm³/mol. The number of benzene rings is 1. The molecule has 0 radical (unpaired) electrons. The summed E-state index contributed by atoms with van der Waals surface area (Å²) in [4.78, 5) is 16.5. The molecule has 1 amide bonds. The summed E-state index contributed by atoms with van der Waals surface area (Å²) in [5, 5.41) is 5.79.